The molecule has 0 spiro atoms. The van der Waals surface area contributed by atoms with Gasteiger partial charge < -0.3 is 14.7 Å². The molecule has 0 saturated heterocycles. The molecule has 0 atom stereocenters. The van der Waals surface area contributed by atoms with Crippen LogP contribution in [-0.4, -0.2) is 35.6 Å². The number of carbonyl (C=O) groups excluding carboxylic acids is 1. The fourth-order valence-electron chi connectivity index (χ4n) is 2.44. The summed E-state index contributed by atoms with van der Waals surface area (Å²) >= 11 is 0. The number of rotatable bonds is 6. The van der Waals surface area contributed by atoms with Crippen molar-refractivity contribution in [1.82, 2.24) is 4.98 Å². The molecule has 1 heterocycles. The maximum absolute atomic E-state index is 12.9. The minimum atomic E-state index is -1.15. The third-order valence-corrected chi connectivity index (χ3v) is 3.95. The first-order valence-corrected chi connectivity index (χ1v) is 7.75. The Morgan fingerprint density at radius 1 is 1.17 bits per heavy atom. The number of aromatic carboxylic acids is 1. The summed E-state index contributed by atoms with van der Waals surface area (Å²) in [6.07, 6.45) is 2.20. The number of amides is 1. The number of carboxylic acids is 1. The Morgan fingerprint density at radius 2 is 1.83 bits per heavy atom. The van der Waals surface area contributed by atoms with Crippen LogP contribution in [-0.2, 0) is 0 Å². The molecule has 0 aliphatic heterocycles. The summed E-state index contributed by atoms with van der Waals surface area (Å²) in [4.78, 5) is 29.6. The van der Waals surface area contributed by atoms with Crippen molar-refractivity contribution in [2.75, 3.05) is 18.6 Å². The smallest absolute Gasteiger partial charge is 0.354 e. The summed E-state index contributed by atoms with van der Waals surface area (Å²) in [6.45, 7) is 0.601. The Labute approximate surface area is 139 Å². The highest BCUT2D eigenvalue weighted by molar-refractivity contribution is 6.05. The van der Waals surface area contributed by atoms with Gasteiger partial charge in [-0.3, -0.25) is 4.79 Å². The lowest BCUT2D eigenvalue weighted by Gasteiger charge is -2.22. The zero-order valence-electron chi connectivity index (χ0n) is 13.3. The number of anilines is 1. The third kappa shape index (κ3) is 3.53. The predicted molar refractivity (Wildman–Crippen MR) is 88.6 cm³/mol. The van der Waals surface area contributed by atoms with Crippen molar-refractivity contribution in [3.63, 3.8) is 0 Å². The second kappa shape index (κ2) is 6.70. The van der Waals surface area contributed by atoms with E-state index in [2.05, 4.69) is 4.98 Å². The summed E-state index contributed by atoms with van der Waals surface area (Å²) in [7, 11) is 1.59. The van der Waals surface area contributed by atoms with Gasteiger partial charge in [-0.25, -0.2) is 9.78 Å². The summed E-state index contributed by atoms with van der Waals surface area (Å²) in [6, 6.07) is 11.7. The van der Waals surface area contributed by atoms with E-state index in [0.717, 1.165) is 18.5 Å². The third-order valence-electron chi connectivity index (χ3n) is 3.95. The standard InChI is InChI=1S/C18H18N2O4/c1-24-14-9-7-13(8-10-14)20(11-12-5-6-12)17(21)15-3-2-4-16(19-15)18(22)23/h2-4,7-10,12H,5-6,11H2,1H3,(H,22,23). The first-order chi connectivity index (χ1) is 11.6. The number of carboxylic acid groups (broad SMARTS) is 1. The monoisotopic (exact) mass is 326 g/mol. The molecule has 1 fully saturated rings. The van der Waals surface area contributed by atoms with E-state index in [1.807, 2.05) is 12.1 Å². The predicted octanol–water partition coefficient (Wildman–Crippen LogP) is 2.85. The van der Waals surface area contributed by atoms with Gasteiger partial charge in [-0.1, -0.05) is 6.07 Å². The van der Waals surface area contributed by atoms with Crippen LogP contribution >= 0.6 is 0 Å². The van der Waals surface area contributed by atoms with Crippen molar-refractivity contribution in [2.45, 2.75) is 12.8 Å². The molecule has 1 aromatic carbocycles. The molecule has 6 nitrogen and oxygen atoms in total. The lowest BCUT2D eigenvalue weighted by molar-refractivity contribution is 0.0690. The van der Waals surface area contributed by atoms with Gasteiger partial charge >= 0.3 is 5.97 Å². The number of nitrogens with zero attached hydrogens (tertiary/aromatic N) is 2. The van der Waals surface area contributed by atoms with Gasteiger partial charge in [-0.2, -0.15) is 0 Å². The number of hydrogen-bond acceptors (Lipinski definition) is 4. The van der Waals surface area contributed by atoms with Gasteiger partial charge in [0.05, 0.1) is 7.11 Å². The molecule has 6 heteroatoms. The molecule has 1 N–H and O–H groups in total. The summed E-state index contributed by atoms with van der Waals surface area (Å²) < 4.78 is 5.15. The Hall–Kier alpha value is -2.89. The van der Waals surface area contributed by atoms with Crippen molar-refractivity contribution in [3.8, 4) is 5.75 Å². The van der Waals surface area contributed by atoms with Gasteiger partial charge in [-0.15, -0.1) is 0 Å². The number of benzene rings is 1. The van der Waals surface area contributed by atoms with Gasteiger partial charge in [0.2, 0.25) is 0 Å². The lowest BCUT2D eigenvalue weighted by Crippen LogP contribution is -2.33. The molecule has 0 unspecified atom stereocenters. The molecule has 0 radical (unpaired) electrons. The molecular weight excluding hydrogens is 308 g/mol. The van der Waals surface area contributed by atoms with E-state index >= 15 is 0 Å². The molecule has 2 aromatic rings. The Balaban J connectivity index is 1.90. The van der Waals surface area contributed by atoms with Gasteiger partial charge in [-0.05, 0) is 55.2 Å². The molecular formula is C18H18N2O4. The van der Waals surface area contributed by atoms with Crippen LogP contribution in [0.2, 0.25) is 0 Å². The van der Waals surface area contributed by atoms with Crippen LogP contribution in [0.15, 0.2) is 42.5 Å². The van der Waals surface area contributed by atoms with Crippen LogP contribution in [0, 0.1) is 5.92 Å². The molecule has 1 saturated carbocycles. The minimum absolute atomic E-state index is 0.131. The molecule has 3 rings (SSSR count). The van der Waals surface area contributed by atoms with Crippen LogP contribution in [0.1, 0.15) is 33.8 Å². The first-order valence-electron chi connectivity index (χ1n) is 7.75. The highest BCUT2D eigenvalue weighted by atomic mass is 16.5. The van der Waals surface area contributed by atoms with Crippen LogP contribution in [0.25, 0.3) is 0 Å². The Morgan fingerprint density at radius 3 is 2.42 bits per heavy atom. The van der Waals surface area contributed by atoms with E-state index in [-0.39, 0.29) is 17.3 Å². The zero-order chi connectivity index (χ0) is 17.1. The number of hydrogen-bond donors (Lipinski definition) is 1. The van der Waals surface area contributed by atoms with E-state index < -0.39 is 5.97 Å². The average Bonchev–Trinajstić information content (AvgIpc) is 3.43. The molecule has 1 aromatic heterocycles. The summed E-state index contributed by atoms with van der Waals surface area (Å²) in [5, 5.41) is 9.06. The van der Waals surface area contributed by atoms with Crippen LogP contribution in [0.3, 0.4) is 0 Å². The molecule has 1 amide bonds. The van der Waals surface area contributed by atoms with Crippen LogP contribution in [0.4, 0.5) is 5.69 Å². The summed E-state index contributed by atoms with van der Waals surface area (Å²) in [5.41, 5.74) is 0.739. The molecule has 124 valence electrons. The zero-order valence-corrected chi connectivity index (χ0v) is 13.3. The Kier molecular flexibility index (Phi) is 4.46. The number of aromatic nitrogens is 1. The van der Waals surface area contributed by atoms with E-state index in [9.17, 15) is 9.59 Å². The van der Waals surface area contributed by atoms with Gasteiger partial charge in [0.1, 0.15) is 17.1 Å². The Bertz CT molecular complexity index is 754. The molecule has 1 aliphatic rings. The highest BCUT2D eigenvalue weighted by Crippen LogP contribution is 2.32. The normalized spacial score (nSPS) is 13.4. The fraction of sp³-hybridized carbons (Fsp3) is 0.278. The van der Waals surface area contributed by atoms with Gasteiger partial charge in [0.25, 0.3) is 5.91 Å². The SMILES string of the molecule is COc1ccc(N(CC2CC2)C(=O)c2cccc(C(=O)O)n2)cc1. The number of ether oxygens (including phenoxy) is 1. The highest BCUT2D eigenvalue weighted by Gasteiger charge is 2.29. The van der Waals surface area contributed by atoms with Gasteiger partial charge in [0, 0.05) is 12.2 Å². The fourth-order valence-corrected chi connectivity index (χ4v) is 2.44. The van der Waals surface area contributed by atoms with E-state index in [1.165, 1.54) is 18.2 Å². The van der Waals surface area contributed by atoms with Crippen molar-refractivity contribution in [2.24, 2.45) is 5.92 Å². The van der Waals surface area contributed by atoms with Gasteiger partial charge in [0.15, 0.2) is 0 Å². The van der Waals surface area contributed by atoms with E-state index in [0.29, 0.717) is 18.2 Å². The van der Waals surface area contributed by atoms with Crippen molar-refractivity contribution >= 4 is 17.6 Å². The second-order valence-corrected chi connectivity index (χ2v) is 5.77. The average molecular weight is 326 g/mol. The van der Waals surface area contributed by atoms with Crippen molar-refractivity contribution < 1.29 is 19.4 Å². The number of methoxy groups -OCH3 is 1. The summed E-state index contributed by atoms with van der Waals surface area (Å²) in [5.74, 6) is -0.250. The maximum Gasteiger partial charge on any atom is 0.354 e. The van der Waals surface area contributed by atoms with E-state index in [1.54, 1.807) is 24.1 Å². The topological polar surface area (TPSA) is 79.7 Å². The van der Waals surface area contributed by atoms with Crippen molar-refractivity contribution in [1.29, 1.82) is 0 Å². The van der Waals surface area contributed by atoms with Crippen molar-refractivity contribution in [3.05, 3.63) is 53.9 Å². The molecule has 24 heavy (non-hydrogen) atoms. The molecule has 0 bridgehead atoms. The van der Waals surface area contributed by atoms with E-state index in [4.69, 9.17) is 9.84 Å². The maximum atomic E-state index is 12.9. The largest absolute Gasteiger partial charge is 0.497 e. The first kappa shape index (κ1) is 16.0. The second-order valence-electron chi connectivity index (χ2n) is 5.77. The number of carbonyl (C=O) groups is 2. The molecule has 1 aliphatic carbocycles. The lowest BCUT2D eigenvalue weighted by atomic mass is 10.2. The minimum Gasteiger partial charge on any atom is -0.497 e. The van der Waals surface area contributed by atoms with Crippen LogP contribution in [0.5, 0.6) is 5.75 Å². The quantitative estimate of drug-likeness (QED) is 0.883. The number of pyridine rings is 1. The van der Waals surface area contributed by atoms with Crippen LogP contribution < -0.4 is 9.64 Å².